The Kier molecular flexibility index (Phi) is 4.93. The highest BCUT2D eigenvalue weighted by Gasteiger charge is 1.97. The maximum absolute atomic E-state index is 13.0. The molecule has 0 spiro atoms. The fraction of sp³-hybridized carbons (Fsp3) is 0.250. The van der Waals surface area contributed by atoms with Crippen LogP contribution in [-0.4, -0.2) is 13.7 Å². The Hall–Kier alpha value is -1.87. The van der Waals surface area contributed by atoms with Gasteiger partial charge in [0.1, 0.15) is 11.6 Å². The first-order chi connectivity index (χ1) is 9.28. The highest BCUT2D eigenvalue weighted by Crippen LogP contribution is 2.11. The van der Waals surface area contributed by atoms with Gasteiger partial charge < -0.3 is 10.1 Å². The van der Waals surface area contributed by atoms with Crippen LogP contribution in [0.5, 0.6) is 5.75 Å². The van der Waals surface area contributed by atoms with Gasteiger partial charge in [0, 0.05) is 6.54 Å². The van der Waals surface area contributed by atoms with Crippen LogP contribution in [0, 0.1) is 5.82 Å². The quantitative estimate of drug-likeness (QED) is 0.805. The van der Waals surface area contributed by atoms with E-state index in [1.807, 2.05) is 30.3 Å². The van der Waals surface area contributed by atoms with Crippen LogP contribution >= 0.6 is 0 Å². The molecule has 0 aliphatic carbocycles. The van der Waals surface area contributed by atoms with Gasteiger partial charge in [-0.2, -0.15) is 0 Å². The number of methoxy groups -OCH3 is 1. The highest BCUT2D eigenvalue weighted by atomic mass is 19.1. The third-order valence-electron chi connectivity index (χ3n) is 2.97. The SMILES string of the molecule is COc1ccc(CNCCc2cccc(F)c2)cc1. The van der Waals surface area contributed by atoms with Gasteiger partial charge in [0.2, 0.25) is 0 Å². The Balaban J connectivity index is 1.74. The molecule has 19 heavy (non-hydrogen) atoms. The third-order valence-corrected chi connectivity index (χ3v) is 2.97. The summed E-state index contributed by atoms with van der Waals surface area (Å²) in [6.45, 7) is 1.63. The van der Waals surface area contributed by atoms with E-state index in [4.69, 9.17) is 4.74 Å². The Bertz CT molecular complexity index is 510. The van der Waals surface area contributed by atoms with E-state index < -0.39 is 0 Å². The summed E-state index contributed by atoms with van der Waals surface area (Å²) in [6.07, 6.45) is 0.827. The zero-order valence-electron chi connectivity index (χ0n) is 11.0. The van der Waals surface area contributed by atoms with Crippen molar-refractivity contribution in [2.45, 2.75) is 13.0 Å². The summed E-state index contributed by atoms with van der Waals surface area (Å²) < 4.78 is 18.1. The highest BCUT2D eigenvalue weighted by molar-refractivity contribution is 5.27. The van der Waals surface area contributed by atoms with Crippen molar-refractivity contribution >= 4 is 0 Å². The van der Waals surface area contributed by atoms with Crippen LogP contribution in [0.3, 0.4) is 0 Å². The van der Waals surface area contributed by atoms with E-state index >= 15 is 0 Å². The first-order valence-corrected chi connectivity index (χ1v) is 6.36. The van der Waals surface area contributed by atoms with Gasteiger partial charge in [0.15, 0.2) is 0 Å². The lowest BCUT2D eigenvalue weighted by Gasteiger charge is -2.06. The van der Waals surface area contributed by atoms with Crippen molar-refractivity contribution in [1.29, 1.82) is 0 Å². The van der Waals surface area contributed by atoms with E-state index in [9.17, 15) is 4.39 Å². The second-order valence-corrected chi connectivity index (χ2v) is 4.40. The molecule has 0 aliphatic rings. The molecule has 0 bridgehead atoms. The van der Waals surface area contributed by atoms with Crippen LogP contribution in [0.2, 0.25) is 0 Å². The van der Waals surface area contributed by atoms with Crippen molar-refractivity contribution in [1.82, 2.24) is 5.32 Å². The Morgan fingerprint density at radius 1 is 1.05 bits per heavy atom. The average molecular weight is 259 g/mol. The Labute approximate surface area is 113 Å². The molecule has 0 saturated carbocycles. The van der Waals surface area contributed by atoms with Crippen LogP contribution in [0.25, 0.3) is 0 Å². The van der Waals surface area contributed by atoms with Crippen molar-refractivity contribution in [2.75, 3.05) is 13.7 Å². The molecule has 1 N–H and O–H groups in total. The van der Waals surface area contributed by atoms with Crippen molar-refractivity contribution in [2.24, 2.45) is 0 Å². The largest absolute Gasteiger partial charge is 0.497 e. The van der Waals surface area contributed by atoms with Gasteiger partial charge in [-0.1, -0.05) is 24.3 Å². The minimum atomic E-state index is -0.173. The first-order valence-electron chi connectivity index (χ1n) is 6.36. The molecule has 0 unspecified atom stereocenters. The number of halogens is 1. The molecule has 0 atom stereocenters. The van der Waals surface area contributed by atoms with E-state index in [0.29, 0.717) is 0 Å². The molecule has 2 aromatic carbocycles. The minimum absolute atomic E-state index is 0.173. The van der Waals surface area contributed by atoms with Gasteiger partial charge in [0.25, 0.3) is 0 Å². The molecule has 2 nitrogen and oxygen atoms in total. The van der Waals surface area contributed by atoms with E-state index in [0.717, 1.165) is 30.8 Å². The smallest absolute Gasteiger partial charge is 0.123 e. The molecule has 0 amide bonds. The molecule has 0 radical (unpaired) electrons. The Morgan fingerprint density at radius 2 is 1.84 bits per heavy atom. The Morgan fingerprint density at radius 3 is 2.53 bits per heavy atom. The lowest BCUT2D eigenvalue weighted by atomic mass is 10.1. The second kappa shape index (κ2) is 6.90. The maximum Gasteiger partial charge on any atom is 0.123 e. The zero-order chi connectivity index (χ0) is 13.5. The summed E-state index contributed by atoms with van der Waals surface area (Å²) in [7, 11) is 1.66. The minimum Gasteiger partial charge on any atom is -0.497 e. The van der Waals surface area contributed by atoms with Crippen molar-refractivity contribution in [3.05, 3.63) is 65.5 Å². The molecule has 0 saturated heterocycles. The van der Waals surface area contributed by atoms with E-state index in [1.54, 1.807) is 19.2 Å². The summed E-state index contributed by atoms with van der Waals surface area (Å²) >= 11 is 0. The van der Waals surface area contributed by atoms with Gasteiger partial charge >= 0.3 is 0 Å². The number of hydrogen-bond acceptors (Lipinski definition) is 2. The normalized spacial score (nSPS) is 10.4. The van der Waals surface area contributed by atoms with Crippen LogP contribution in [0.1, 0.15) is 11.1 Å². The average Bonchev–Trinajstić information content (AvgIpc) is 2.44. The van der Waals surface area contributed by atoms with E-state index in [-0.39, 0.29) is 5.82 Å². The molecule has 0 aliphatic heterocycles. The predicted molar refractivity (Wildman–Crippen MR) is 74.8 cm³/mol. The number of rotatable bonds is 6. The van der Waals surface area contributed by atoms with Crippen molar-refractivity contribution in [3.8, 4) is 5.75 Å². The number of ether oxygens (including phenoxy) is 1. The molecule has 0 aromatic heterocycles. The van der Waals surface area contributed by atoms with Gasteiger partial charge in [0.05, 0.1) is 7.11 Å². The van der Waals surface area contributed by atoms with Crippen LogP contribution in [0.4, 0.5) is 4.39 Å². The fourth-order valence-corrected chi connectivity index (χ4v) is 1.90. The number of benzene rings is 2. The van der Waals surface area contributed by atoms with Gasteiger partial charge in [-0.15, -0.1) is 0 Å². The molecular weight excluding hydrogens is 241 g/mol. The molecular formula is C16H18FNO. The van der Waals surface area contributed by atoms with Gasteiger partial charge in [-0.05, 0) is 48.4 Å². The maximum atomic E-state index is 13.0. The predicted octanol–water partition coefficient (Wildman–Crippen LogP) is 3.17. The summed E-state index contributed by atoms with van der Waals surface area (Å²) in [5, 5.41) is 3.34. The van der Waals surface area contributed by atoms with Crippen LogP contribution in [0.15, 0.2) is 48.5 Å². The molecule has 0 heterocycles. The topological polar surface area (TPSA) is 21.3 Å². The van der Waals surface area contributed by atoms with Crippen molar-refractivity contribution in [3.63, 3.8) is 0 Å². The standard InChI is InChI=1S/C16H18FNO/c1-19-16-7-5-14(6-8-16)12-18-10-9-13-3-2-4-15(17)11-13/h2-8,11,18H,9-10,12H2,1H3. The molecule has 2 rings (SSSR count). The lowest BCUT2D eigenvalue weighted by Crippen LogP contribution is -2.16. The second-order valence-electron chi connectivity index (χ2n) is 4.40. The van der Waals surface area contributed by atoms with E-state index in [2.05, 4.69) is 5.32 Å². The summed E-state index contributed by atoms with van der Waals surface area (Å²) in [5.74, 6) is 0.691. The summed E-state index contributed by atoms with van der Waals surface area (Å²) in [6, 6.07) is 14.7. The summed E-state index contributed by atoms with van der Waals surface area (Å²) in [5.41, 5.74) is 2.22. The zero-order valence-corrected chi connectivity index (χ0v) is 11.0. The molecule has 100 valence electrons. The molecule has 0 fully saturated rings. The van der Waals surface area contributed by atoms with Gasteiger partial charge in [-0.3, -0.25) is 0 Å². The van der Waals surface area contributed by atoms with Crippen LogP contribution in [-0.2, 0) is 13.0 Å². The number of nitrogens with one attached hydrogen (secondary N) is 1. The number of hydrogen-bond donors (Lipinski definition) is 1. The molecule has 3 heteroatoms. The lowest BCUT2D eigenvalue weighted by molar-refractivity contribution is 0.414. The van der Waals surface area contributed by atoms with Gasteiger partial charge in [-0.25, -0.2) is 4.39 Å². The fourth-order valence-electron chi connectivity index (χ4n) is 1.90. The van der Waals surface area contributed by atoms with Crippen molar-refractivity contribution < 1.29 is 9.13 Å². The first kappa shape index (κ1) is 13.6. The molecule has 2 aromatic rings. The van der Waals surface area contributed by atoms with Crippen LogP contribution < -0.4 is 10.1 Å². The monoisotopic (exact) mass is 259 g/mol. The van der Waals surface area contributed by atoms with E-state index in [1.165, 1.54) is 11.6 Å². The third kappa shape index (κ3) is 4.38. The summed E-state index contributed by atoms with van der Waals surface area (Å²) in [4.78, 5) is 0.